The number of hydrogen-bond donors (Lipinski definition) is 3. The summed E-state index contributed by atoms with van der Waals surface area (Å²) in [6.07, 6.45) is 29.2. The Bertz CT molecular complexity index is 1930. The average molecular weight is 879 g/mol. The number of nitrogens with two attached hydrogens (primary N) is 1. The number of nitrogens with zero attached hydrogens (tertiary/aromatic N) is 4. The summed E-state index contributed by atoms with van der Waals surface area (Å²) >= 11 is 0. The molecular weight excluding hydrogens is 793 g/mol. The Morgan fingerprint density at radius 3 is 1.81 bits per heavy atom. The number of carbonyl (C=O) groups excluding carboxylic acids is 1. The number of aryl methyl sites for hydroxylation is 1. The van der Waals surface area contributed by atoms with Crippen LogP contribution in [0.3, 0.4) is 0 Å². The van der Waals surface area contributed by atoms with Crippen molar-refractivity contribution in [2.45, 2.75) is 171 Å². The molecule has 1 fully saturated rings. The number of aliphatic hydroxyl groups excluding tert-OH is 1. The number of allylic oxidation sites excluding steroid dienone is 12. The Kier molecular flexibility index (Phi) is 25.1. The molecule has 2 heterocycles. The van der Waals surface area contributed by atoms with Crippen molar-refractivity contribution >= 4 is 17.7 Å². The second-order valence-electron chi connectivity index (χ2n) is 18.6. The van der Waals surface area contributed by atoms with Crippen LogP contribution in [-0.2, 0) is 17.8 Å². The summed E-state index contributed by atoms with van der Waals surface area (Å²) in [6, 6.07) is 6.29. The number of carbonyl (C=O) groups is 1. The molecule has 9 nitrogen and oxygen atoms in total. The lowest BCUT2D eigenvalue weighted by molar-refractivity contribution is -0.133. The molecule has 0 saturated carbocycles. The van der Waals surface area contributed by atoms with Crippen LogP contribution in [0.25, 0.3) is 0 Å². The first kappa shape index (κ1) is 53.9. The summed E-state index contributed by atoms with van der Waals surface area (Å²) in [6.45, 7) is 23.6. The number of benzene rings is 1. The van der Waals surface area contributed by atoms with Gasteiger partial charge in [-0.3, -0.25) is 9.69 Å². The zero-order valence-electron chi connectivity index (χ0n) is 41.8. The van der Waals surface area contributed by atoms with E-state index in [4.69, 9.17) is 10.5 Å². The molecule has 1 aliphatic heterocycles. The highest BCUT2D eigenvalue weighted by Gasteiger charge is 2.22. The quantitative estimate of drug-likeness (QED) is 0.0572. The van der Waals surface area contributed by atoms with Gasteiger partial charge in [0.2, 0.25) is 11.9 Å². The van der Waals surface area contributed by atoms with E-state index in [9.17, 15) is 9.90 Å². The van der Waals surface area contributed by atoms with Gasteiger partial charge in [0.1, 0.15) is 11.6 Å². The fourth-order valence-electron chi connectivity index (χ4n) is 8.20. The lowest BCUT2D eigenvalue weighted by Crippen LogP contribution is -2.48. The number of ether oxygens (including phenoxy) is 1. The second kappa shape index (κ2) is 29.9. The molecule has 1 amide bonds. The number of rotatable bonds is 28. The lowest BCUT2D eigenvalue weighted by Gasteiger charge is -2.35. The van der Waals surface area contributed by atoms with E-state index < -0.39 is 0 Å². The van der Waals surface area contributed by atoms with E-state index in [1.807, 2.05) is 11.8 Å². The summed E-state index contributed by atoms with van der Waals surface area (Å²) in [5.41, 5.74) is 18.6. The number of methoxy groups -OCH3 is 1. The molecule has 4 N–H and O–H groups in total. The Labute approximate surface area is 389 Å². The van der Waals surface area contributed by atoms with E-state index in [0.29, 0.717) is 18.7 Å². The monoisotopic (exact) mass is 879 g/mol. The number of anilines is 2. The molecule has 2 aromatic rings. The third kappa shape index (κ3) is 21.0. The van der Waals surface area contributed by atoms with Crippen LogP contribution in [0.2, 0.25) is 0 Å². The Morgan fingerprint density at radius 1 is 0.766 bits per heavy atom. The summed E-state index contributed by atoms with van der Waals surface area (Å²) in [5, 5.41) is 13.3. The molecular formula is C55H86N6O3. The predicted octanol–water partition coefficient (Wildman–Crippen LogP) is 12.6. The zero-order chi connectivity index (χ0) is 46.9. The van der Waals surface area contributed by atoms with Gasteiger partial charge in [-0.15, -0.1) is 0 Å². The molecule has 0 radical (unpaired) electrons. The molecule has 1 aromatic heterocycles. The molecule has 0 aliphatic carbocycles. The minimum atomic E-state index is -0.108. The summed E-state index contributed by atoms with van der Waals surface area (Å²) in [7, 11) is 1.70. The first-order valence-corrected chi connectivity index (χ1v) is 24.3. The normalized spacial score (nSPS) is 15.1. The van der Waals surface area contributed by atoms with Gasteiger partial charge in [-0.1, -0.05) is 95.4 Å². The van der Waals surface area contributed by atoms with Gasteiger partial charge in [-0.25, -0.2) is 4.98 Å². The SMILES string of the molecule is CCC[C@@H](CO)Nc1nc(N)nc(C)c1Cc1ccc(CN2CCN(C(=O)CC/C(C)=C/CC/C(C)=C/CC/C(C)=C/CC/C=C(\C)CC/C=C(\C)CCC=C(C)C)CC2)cc1OC. The van der Waals surface area contributed by atoms with Crippen molar-refractivity contribution in [1.82, 2.24) is 19.8 Å². The van der Waals surface area contributed by atoms with Gasteiger partial charge < -0.3 is 25.8 Å². The number of piperazine rings is 1. The minimum Gasteiger partial charge on any atom is -0.496 e. The van der Waals surface area contributed by atoms with E-state index in [1.165, 1.54) is 45.4 Å². The maximum atomic E-state index is 13.2. The first-order valence-electron chi connectivity index (χ1n) is 24.3. The highest BCUT2D eigenvalue weighted by molar-refractivity contribution is 5.76. The van der Waals surface area contributed by atoms with Crippen LogP contribution in [0.5, 0.6) is 5.75 Å². The number of nitrogens with one attached hydrogen (secondary N) is 1. The van der Waals surface area contributed by atoms with Crippen molar-refractivity contribution in [2.24, 2.45) is 0 Å². The van der Waals surface area contributed by atoms with Crippen molar-refractivity contribution < 1.29 is 14.6 Å². The van der Waals surface area contributed by atoms with Crippen molar-refractivity contribution in [2.75, 3.05) is 50.9 Å². The van der Waals surface area contributed by atoms with E-state index in [2.05, 4.69) is 130 Å². The van der Waals surface area contributed by atoms with Gasteiger partial charge in [-0.2, -0.15) is 4.98 Å². The van der Waals surface area contributed by atoms with Gasteiger partial charge >= 0.3 is 0 Å². The fourth-order valence-corrected chi connectivity index (χ4v) is 8.20. The number of aromatic nitrogens is 2. The van der Waals surface area contributed by atoms with Crippen molar-refractivity contribution in [3.63, 3.8) is 0 Å². The van der Waals surface area contributed by atoms with Crippen LogP contribution in [0.1, 0.15) is 168 Å². The Hall–Kier alpha value is -4.47. The van der Waals surface area contributed by atoms with Gasteiger partial charge in [-0.05, 0) is 150 Å². The molecule has 0 bridgehead atoms. The Morgan fingerprint density at radius 2 is 1.30 bits per heavy atom. The zero-order valence-corrected chi connectivity index (χ0v) is 41.8. The molecule has 9 heteroatoms. The fraction of sp³-hybridized carbons (Fsp3) is 0.582. The first-order chi connectivity index (χ1) is 30.7. The number of hydrogen-bond acceptors (Lipinski definition) is 8. The Balaban J connectivity index is 1.35. The van der Waals surface area contributed by atoms with Gasteiger partial charge in [0.25, 0.3) is 0 Å². The van der Waals surface area contributed by atoms with Crippen molar-refractivity contribution in [3.8, 4) is 5.75 Å². The minimum absolute atomic E-state index is 0.0149. The molecule has 3 rings (SSSR count). The predicted molar refractivity (Wildman–Crippen MR) is 272 cm³/mol. The van der Waals surface area contributed by atoms with E-state index in [-0.39, 0.29) is 24.5 Å². The second-order valence-corrected chi connectivity index (χ2v) is 18.6. The maximum Gasteiger partial charge on any atom is 0.222 e. The molecule has 1 saturated heterocycles. The van der Waals surface area contributed by atoms with Crippen LogP contribution in [0.15, 0.2) is 88.1 Å². The molecule has 1 aliphatic rings. The molecule has 1 atom stereocenters. The lowest BCUT2D eigenvalue weighted by atomic mass is 10.0. The van der Waals surface area contributed by atoms with Gasteiger partial charge in [0.15, 0.2) is 0 Å². The highest BCUT2D eigenvalue weighted by Crippen LogP contribution is 2.29. The smallest absolute Gasteiger partial charge is 0.222 e. The van der Waals surface area contributed by atoms with Gasteiger partial charge in [0, 0.05) is 56.8 Å². The van der Waals surface area contributed by atoms with Crippen LogP contribution in [0, 0.1) is 6.92 Å². The summed E-state index contributed by atoms with van der Waals surface area (Å²) < 4.78 is 5.87. The number of aliphatic hydroxyl groups is 1. The molecule has 354 valence electrons. The maximum absolute atomic E-state index is 13.2. The number of nitrogen functional groups attached to an aromatic ring is 1. The third-order valence-corrected chi connectivity index (χ3v) is 12.4. The van der Waals surface area contributed by atoms with E-state index >= 15 is 0 Å². The number of amides is 1. The highest BCUT2D eigenvalue weighted by atomic mass is 16.5. The summed E-state index contributed by atoms with van der Waals surface area (Å²) in [5.74, 6) is 1.94. The third-order valence-electron chi connectivity index (χ3n) is 12.4. The van der Waals surface area contributed by atoms with Gasteiger partial charge in [0.05, 0.1) is 19.8 Å². The molecule has 64 heavy (non-hydrogen) atoms. The topological polar surface area (TPSA) is 117 Å². The largest absolute Gasteiger partial charge is 0.496 e. The van der Waals surface area contributed by atoms with Crippen LogP contribution in [0.4, 0.5) is 11.8 Å². The van der Waals surface area contributed by atoms with Crippen LogP contribution in [-0.4, -0.2) is 76.7 Å². The molecule has 0 unspecified atom stereocenters. The molecule has 1 aromatic carbocycles. The average Bonchev–Trinajstić information content (AvgIpc) is 3.25. The van der Waals surface area contributed by atoms with Crippen LogP contribution >= 0.6 is 0 Å². The molecule has 0 spiro atoms. The van der Waals surface area contributed by atoms with E-state index in [0.717, 1.165) is 132 Å². The van der Waals surface area contributed by atoms with E-state index in [1.54, 1.807) is 7.11 Å². The standard InChI is InChI=1S/C55H86N6O3/c1-11-18-50(40-62)58-54-51(47(9)57-55(56)59-54)38-49-31-30-48(37-52(49)64-10)39-60-33-35-61(36-34-60)53(63)32-29-46(8)28-17-27-45(7)26-16-24-43(5)21-13-12-20-42(4)23-15-25-44(6)22-14-19-41(2)3/h19-21,25-26,28,30-31,37,50,62H,11-18,22-24,27,29,32-36,38-40H2,1-10H3,(H3,56,57,58,59)/b42-20+,43-21+,44-25+,45-26+,46-28+/t50-/m0/s1. The number of unbranched alkanes of at least 4 members (excludes halogenated alkanes) is 1. The summed E-state index contributed by atoms with van der Waals surface area (Å²) in [4.78, 5) is 26.6. The van der Waals surface area contributed by atoms with Crippen LogP contribution < -0.4 is 15.8 Å². The van der Waals surface area contributed by atoms with Crippen molar-refractivity contribution in [1.29, 1.82) is 0 Å². The van der Waals surface area contributed by atoms with Crippen molar-refractivity contribution in [3.05, 3.63) is 110 Å².